The number of nitrogens with zero attached hydrogens (tertiary/aromatic N) is 3. The first-order chi connectivity index (χ1) is 10.3. The van der Waals surface area contributed by atoms with Crippen LogP contribution in [0.4, 0.5) is 0 Å². The van der Waals surface area contributed by atoms with Gasteiger partial charge in [-0.1, -0.05) is 6.07 Å². The van der Waals surface area contributed by atoms with Crippen LogP contribution in [-0.4, -0.2) is 10.2 Å². The van der Waals surface area contributed by atoms with E-state index in [0.717, 1.165) is 5.56 Å². The number of hydrogen-bond donors (Lipinski definition) is 0. The highest BCUT2D eigenvalue weighted by Crippen LogP contribution is 2.30. The molecule has 2 aromatic carbocycles. The number of aromatic nitrogens is 2. The lowest BCUT2D eigenvalue weighted by Crippen LogP contribution is -1.89. The highest BCUT2D eigenvalue weighted by molar-refractivity contribution is 9.10. The van der Waals surface area contributed by atoms with Crippen LogP contribution >= 0.6 is 15.9 Å². The topological polar surface area (TPSA) is 71.9 Å². The Labute approximate surface area is 128 Å². The fourth-order valence-electron chi connectivity index (χ4n) is 1.79. The van der Waals surface area contributed by atoms with Crippen LogP contribution in [0.2, 0.25) is 0 Å². The normalized spacial score (nSPS) is 10.1. The van der Waals surface area contributed by atoms with Crippen molar-refractivity contribution >= 4 is 15.9 Å². The summed E-state index contributed by atoms with van der Waals surface area (Å²) < 4.78 is 11.6. The van der Waals surface area contributed by atoms with Crippen molar-refractivity contribution in [1.82, 2.24) is 10.2 Å². The molecule has 0 fully saturated rings. The van der Waals surface area contributed by atoms with Crippen LogP contribution in [0, 0.1) is 11.3 Å². The maximum atomic E-state index is 9.16. The molecule has 0 saturated carbocycles. The third kappa shape index (κ3) is 2.78. The molecule has 0 aliphatic carbocycles. The molecule has 102 valence electrons. The number of benzene rings is 2. The average molecular weight is 342 g/mol. The second kappa shape index (κ2) is 5.77. The van der Waals surface area contributed by atoms with Crippen LogP contribution < -0.4 is 4.74 Å². The van der Waals surface area contributed by atoms with E-state index < -0.39 is 0 Å². The molecule has 0 amide bonds. The molecule has 0 unspecified atom stereocenters. The second-order valence-electron chi connectivity index (χ2n) is 4.10. The van der Waals surface area contributed by atoms with E-state index in [9.17, 15) is 0 Å². The molecule has 21 heavy (non-hydrogen) atoms. The summed E-state index contributed by atoms with van der Waals surface area (Å²) in [7, 11) is 0. The first kappa shape index (κ1) is 13.3. The van der Waals surface area contributed by atoms with Gasteiger partial charge in [-0.3, -0.25) is 0 Å². The third-order valence-electron chi connectivity index (χ3n) is 2.78. The number of nitriles is 1. The summed E-state index contributed by atoms with van der Waals surface area (Å²) in [5.74, 6) is 1.56. The number of hydrogen-bond acceptors (Lipinski definition) is 5. The fraction of sp³-hybridized carbons (Fsp3) is 0. The quantitative estimate of drug-likeness (QED) is 0.715. The molecule has 1 heterocycles. The molecule has 0 N–H and O–H groups in total. The smallest absolute Gasteiger partial charge is 0.247 e. The summed E-state index contributed by atoms with van der Waals surface area (Å²) in [5, 5.41) is 16.6. The minimum atomic E-state index is 0.446. The Hall–Kier alpha value is -2.65. The summed E-state index contributed by atoms with van der Waals surface area (Å²) in [6.45, 7) is 0. The average Bonchev–Trinajstić information content (AvgIpc) is 3.03. The van der Waals surface area contributed by atoms with Gasteiger partial charge in [-0.05, 0) is 52.3 Å². The van der Waals surface area contributed by atoms with E-state index in [2.05, 4.69) is 32.2 Å². The number of halogens is 1. The predicted octanol–water partition coefficient (Wildman–Crippen LogP) is 4.16. The fourth-order valence-corrected chi connectivity index (χ4v) is 2.23. The van der Waals surface area contributed by atoms with Crippen LogP contribution in [-0.2, 0) is 0 Å². The van der Waals surface area contributed by atoms with Crippen LogP contribution in [0.25, 0.3) is 11.5 Å². The molecule has 6 heteroatoms. The molecule has 5 nitrogen and oxygen atoms in total. The van der Waals surface area contributed by atoms with Gasteiger partial charge in [0, 0.05) is 10.0 Å². The molecule has 0 aliphatic rings. The predicted molar refractivity (Wildman–Crippen MR) is 78.7 cm³/mol. The maximum Gasteiger partial charge on any atom is 0.247 e. The first-order valence-corrected chi connectivity index (χ1v) is 6.80. The van der Waals surface area contributed by atoms with Gasteiger partial charge in [0.05, 0.1) is 0 Å². The van der Waals surface area contributed by atoms with Gasteiger partial charge in [-0.25, -0.2) is 0 Å². The minimum Gasteiger partial charge on any atom is -0.456 e. The van der Waals surface area contributed by atoms with Gasteiger partial charge in [-0.15, -0.1) is 10.2 Å². The Morgan fingerprint density at radius 2 is 1.95 bits per heavy atom. The highest BCUT2D eigenvalue weighted by Gasteiger charge is 2.09. The van der Waals surface area contributed by atoms with Crippen molar-refractivity contribution in [1.29, 1.82) is 5.26 Å². The summed E-state index contributed by atoms with van der Waals surface area (Å²) in [6.07, 6.45) is 1.28. The number of rotatable bonds is 3. The summed E-state index contributed by atoms with van der Waals surface area (Å²) in [4.78, 5) is 0. The van der Waals surface area contributed by atoms with Crippen LogP contribution in [0.5, 0.6) is 11.5 Å². The molecule has 0 aliphatic heterocycles. The van der Waals surface area contributed by atoms with E-state index in [1.807, 2.05) is 18.2 Å². The molecular weight excluding hydrogens is 334 g/mol. The van der Waals surface area contributed by atoms with Crippen molar-refractivity contribution < 1.29 is 9.15 Å². The van der Waals surface area contributed by atoms with Crippen molar-refractivity contribution in [2.75, 3.05) is 0 Å². The Balaban J connectivity index is 1.87. The Kier molecular flexibility index (Phi) is 3.67. The molecule has 0 bridgehead atoms. The standard InChI is InChI=1S/C15H8BrN3O2/c16-13-2-1-3-14(12(13)8-17)21-11-6-4-10(5-7-11)15-19-18-9-20-15/h1-7,9H. The first-order valence-electron chi connectivity index (χ1n) is 6.01. The van der Waals surface area contributed by atoms with Crippen molar-refractivity contribution in [3.63, 3.8) is 0 Å². The molecule has 0 saturated heterocycles. The maximum absolute atomic E-state index is 9.16. The zero-order valence-electron chi connectivity index (χ0n) is 10.7. The Morgan fingerprint density at radius 1 is 1.14 bits per heavy atom. The molecule has 1 aromatic heterocycles. The van der Waals surface area contributed by atoms with E-state index in [4.69, 9.17) is 14.4 Å². The Morgan fingerprint density at radius 3 is 2.62 bits per heavy atom. The lowest BCUT2D eigenvalue weighted by atomic mass is 10.2. The molecule has 0 atom stereocenters. The molecule has 3 rings (SSSR count). The van der Waals surface area contributed by atoms with Gasteiger partial charge in [-0.2, -0.15) is 5.26 Å². The zero-order chi connectivity index (χ0) is 14.7. The second-order valence-corrected chi connectivity index (χ2v) is 4.95. The Bertz CT molecular complexity index is 793. The van der Waals surface area contributed by atoms with Crippen molar-refractivity contribution in [2.24, 2.45) is 0 Å². The summed E-state index contributed by atoms with van der Waals surface area (Å²) in [6, 6.07) is 14.6. The van der Waals surface area contributed by atoms with Gasteiger partial charge < -0.3 is 9.15 Å². The van der Waals surface area contributed by atoms with E-state index in [1.165, 1.54) is 6.39 Å². The lowest BCUT2D eigenvalue weighted by Gasteiger charge is -2.08. The van der Waals surface area contributed by atoms with Crippen LogP contribution in [0.1, 0.15) is 5.56 Å². The van der Waals surface area contributed by atoms with E-state index >= 15 is 0 Å². The monoisotopic (exact) mass is 341 g/mol. The molecule has 3 aromatic rings. The largest absolute Gasteiger partial charge is 0.456 e. The number of ether oxygens (including phenoxy) is 1. The van der Waals surface area contributed by atoms with Gasteiger partial charge in [0.25, 0.3) is 0 Å². The van der Waals surface area contributed by atoms with E-state index in [1.54, 1.807) is 24.3 Å². The molecular formula is C15H8BrN3O2. The van der Waals surface area contributed by atoms with Gasteiger partial charge in [0.2, 0.25) is 12.3 Å². The third-order valence-corrected chi connectivity index (χ3v) is 3.44. The summed E-state index contributed by atoms with van der Waals surface area (Å²) >= 11 is 3.33. The van der Waals surface area contributed by atoms with E-state index in [0.29, 0.717) is 27.4 Å². The zero-order valence-corrected chi connectivity index (χ0v) is 12.2. The highest BCUT2D eigenvalue weighted by atomic mass is 79.9. The van der Waals surface area contributed by atoms with Gasteiger partial charge in [0.1, 0.15) is 23.1 Å². The molecule has 0 radical (unpaired) electrons. The summed E-state index contributed by atoms with van der Waals surface area (Å²) in [5.41, 5.74) is 1.26. The van der Waals surface area contributed by atoms with E-state index in [-0.39, 0.29) is 0 Å². The van der Waals surface area contributed by atoms with Crippen LogP contribution in [0.15, 0.2) is 57.7 Å². The SMILES string of the molecule is N#Cc1c(Br)cccc1Oc1ccc(-c2nnco2)cc1. The van der Waals surface area contributed by atoms with Crippen molar-refractivity contribution in [2.45, 2.75) is 0 Å². The van der Waals surface area contributed by atoms with Crippen molar-refractivity contribution in [3.8, 4) is 29.0 Å². The lowest BCUT2D eigenvalue weighted by molar-refractivity contribution is 0.480. The molecule has 0 spiro atoms. The van der Waals surface area contributed by atoms with Crippen molar-refractivity contribution in [3.05, 3.63) is 58.9 Å². The minimum absolute atomic E-state index is 0.446. The van der Waals surface area contributed by atoms with Gasteiger partial charge in [0.15, 0.2) is 0 Å². The van der Waals surface area contributed by atoms with Gasteiger partial charge >= 0.3 is 0 Å². The van der Waals surface area contributed by atoms with Crippen LogP contribution in [0.3, 0.4) is 0 Å².